The molecule has 1 rings (SSSR count). The van der Waals surface area contributed by atoms with Crippen molar-refractivity contribution in [3.8, 4) is 0 Å². The number of ether oxygens (including phenoxy) is 1. The molecule has 6 heteroatoms. The van der Waals surface area contributed by atoms with Crippen LogP contribution in [0.5, 0.6) is 0 Å². The number of thiophene rings is 1. The second-order valence-corrected chi connectivity index (χ2v) is 8.10. The molecule has 0 aliphatic rings. The van der Waals surface area contributed by atoms with E-state index in [1.807, 2.05) is 0 Å². The van der Waals surface area contributed by atoms with Crippen molar-refractivity contribution in [1.82, 2.24) is 0 Å². The summed E-state index contributed by atoms with van der Waals surface area (Å²) in [6.07, 6.45) is 0. The second kappa shape index (κ2) is 4.78. The Hall–Kier alpha value is -0.880. The standard InChI is InChI=1S/C11H16O4S2/c1-8(10(12)15-11(2,3)4)17(13,14)9-6-5-7-16-9/h5-8H,1-4H3. The Morgan fingerprint density at radius 1 is 1.41 bits per heavy atom. The SMILES string of the molecule is CC(C(=O)OC(C)(C)C)S(=O)(=O)c1cccs1. The van der Waals surface area contributed by atoms with Crippen LogP contribution in [0.4, 0.5) is 0 Å². The van der Waals surface area contributed by atoms with E-state index < -0.39 is 26.7 Å². The van der Waals surface area contributed by atoms with Gasteiger partial charge in [0.25, 0.3) is 0 Å². The fourth-order valence-electron chi connectivity index (χ4n) is 1.11. The van der Waals surface area contributed by atoms with E-state index in [0.717, 1.165) is 11.3 Å². The van der Waals surface area contributed by atoms with Crippen LogP contribution < -0.4 is 0 Å². The van der Waals surface area contributed by atoms with E-state index in [-0.39, 0.29) is 4.21 Å². The van der Waals surface area contributed by atoms with Gasteiger partial charge in [0, 0.05) is 0 Å². The summed E-state index contributed by atoms with van der Waals surface area (Å²) in [7, 11) is -3.62. The lowest BCUT2D eigenvalue weighted by Crippen LogP contribution is -2.34. The van der Waals surface area contributed by atoms with Gasteiger partial charge in [-0.2, -0.15) is 0 Å². The van der Waals surface area contributed by atoms with Crippen LogP contribution in [-0.4, -0.2) is 25.2 Å². The lowest BCUT2D eigenvalue weighted by Gasteiger charge is -2.21. The zero-order valence-corrected chi connectivity index (χ0v) is 11.9. The largest absolute Gasteiger partial charge is 0.459 e. The van der Waals surface area contributed by atoms with Gasteiger partial charge in [-0.15, -0.1) is 11.3 Å². The van der Waals surface area contributed by atoms with E-state index in [4.69, 9.17) is 4.74 Å². The summed E-state index contributed by atoms with van der Waals surface area (Å²) in [6.45, 7) is 6.46. The highest BCUT2D eigenvalue weighted by Crippen LogP contribution is 2.23. The molecule has 1 aromatic heterocycles. The zero-order valence-electron chi connectivity index (χ0n) is 10.3. The molecule has 0 radical (unpaired) electrons. The molecule has 1 heterocycles. The van der Waals surface area contributed by atoms with Crippen molar-refractivity contribution in [3.63, 3.8) is 0 Å². The first-order chi connectivity index (χ1) is 7.64. The first-order valence-electron chi connectivity index (χ1n) is 5.15. The summed E-state index contributed by atoms with van der Waals surface area (Å²) in [5, 5.41) is 0.481. The average molecular weight is 276 g/mol. The zero-order chi connectivity index (χ0) is 13.3. The van der Waals surface area contributed by atoms with Crippen LogP contribution in [0, 0.1) is 0 Å². The number of hydrogen-bond donors (Lipinski definition) is 0. The molecule has 0 aliphatic heterocycles. The first kappa shape index (κ1) is 14.2. The fraction of sp³-hybridized carbons (Fsp3) is 0.545. The van der Waals surface area contributed by atoms with Crippen LogP contribution in [0.2, 0.25) is 0 Å². The highest BCUT2D eigenvalue weighted by atomic mass is 32.2. The molecule has 0 aliphatic carbocycles. The summed E-state index contributed by atoms with van der Waals surface area (Å²) in [5.41, 5.74) is -0.684. The Morgan fingerprint density at radius 3 is 2.41 bits per heavy atom. The van der Waals surface area contributed by atoms with Gasteiger partial charge in [0.15, 0.2) is 5.25 Å². The van der Waals surface area contributed by atoms with Crippen molar-refractivity contribution in [3.05, 3.63) is 17.5 Å². The van der Waals surface area contributed by atoms with Crippen molar-refractivity contribution in [2.75, 3.05) is 0 Å². The van der Waals surface area contributed by atoms with Crippen molar-refractivity contribution >= 4 is 27.1 Å². The van der Waals surface area contributed by atoms with E-state index in [1.54, 1.807) is 32.2 Å². The summed E-state index contributed by atoms with van der Waals surface area (Å²) in [6, 6.07) is 3.13. The normalized spacial score (nSPS) is 14.4. The number of carbonyl (C=O) groups excluding carboxylic acids is 1. The topological polar surface area (TPSA) is 60.4 Å². The molecule has 1 aromatic rings. The van der Waals surface area contributed by atoms with Crippen molar-refractivity contribution in [1.29, 1.82) is 0 Å². The van der Waals surface area contributed by atoms with Crippen molar-refractivity contribution in [2.45, 2.75) is 42.8 Å². The van der Waals surface area contributed by atoms with Gasteiger partial charge in [0.2, 0.25) is 9.84 Å². The summed E-state index contributed by atoms with van der Waals surface area (Å²) in [4.78, 5) is 11.7. The van der Waals surface area contributed by atoms with E-state index in [0.29, 0.717) is 0 Å². The van der Waals surface area contributed by atoms with Gasteiger partial charge in [-0.3, -0.25) is 4.79 Å². The maximum atomic E-state index is 12.0. The average Bonchev–Trinajstić information content (AvgIpc) is 2.66. The molecule has 17 heavy (non-hydrogen) atoms. The molecule has 0 amide bonds. The molecule has 0 spiro atoms. The molecule has 0 saturated carbocycles. The lowest BCUT2D eigenvalue weighted by molar-refractivity contribution is -0.153. The van der Waals surface area contributed by atoms with Gasteiger partial charge in [0.1, 0.15) is 9.81 Å². The molecule has 96 valence electrons. The van der Waals surface area contributed by atoms with Gasteiger partial charge in [-0.05, 0) is 39.1 Å². The molecule has 0 fully saturated rings. The molecule has 0 saturated heterocycles. The predicted octanol–water partition coefficient (Wildman–Crippen LogP) is 2.25. The van der Waals surface area contributed by atoms with E-state index in [2.05, 4.69) is 0 Å². The molecule has 0 aromatic carbocycles. The Bertz CT molecular complexity index is 480. The highest BCUT2D eigenvalue weighted by Gasteiger charge is 2.33. The smallest absolute Gasteiger partial charge is 0.324 e. The highest BCUT2D eigenvalue weighted by molar-refractivity contribution is 7.94. The monoisotopic (exact) mass is 276 g/mol. The molecule has 0 bridgehead atoms. The number of rotatable bonds is 3. The molecular weight excluding hydrogens is 260 g/mol. The van der Waals surface area contributed by atoms with E-state index >= 15 is 0 Å². The van der Waals surface area contributed by atoms with Crippen LogP contribution in [-0.2, 0) is 19.4 Å². The van der Waals surface area contributed by atoms with Crippen molar-refractivity contribution < 1.29 is 17.9 Å². The number of hydrogen-bond acceptors (Lipinski definition) is 5. The van der Waals surface area contributed by atoms with Crippen LogP contribution in [0.3, 0.4) is 0 Å². The van der Waals surface area contributed by atoms with Crippen LogP contribution >= 0.6 is 11.3 Å². The van der Waals surface area contributed by atoms with E-state index in [9.17, 15) is 13.2 Å². The van der Waals surface area contributed by atoms with Crippen LogP contribution in [0.25, 0.3) is 0 Å². The lowest BCUT2D eigenvalue weighted by atomic mass is 10.2. The minimum absolute atomic E-state index is 0.191. The third kappa shape index (κ3) is 3.54. The van der Waals surface area contributed by atoms with Crippen molar-refractivity contribution in [2.24, 2.45) is 0 Å². The maximum Gasteiger partial charge on any atom is 0.324 e. The number of carbonyl (C=O) groups is 1. The third-order valence-corrected chi connectivity index (χ3v) is 5.45. The van der Waals surface area contributed by atoms with Crippen LogP contribution in [0.1, 0.15) is 27.7 Å². The summed E-state index contributed by atoms with van der Waals surface area (Å²) >= 11 is 1.10. The Kier molecular flexibility index (Phi) is 3.99. The number of sulfone groups is 1. The molecular formula is C11H16O4S2. The molecule has 4 nitrogen and oxygen atoms in total. The van der Waals surface area contributed by atoms with Gasteiger partial charge >= 0.3 is 5.97 Å². The maximum absolute atomic E-state index is 12.0. The Balaban J connectivity index is 2.91. The predicted molar refractivity (Wildman–Crippen MR) is 66.8 cm³/mol. The summed E-state index contributed by atoms with van der Waals surface area (Å²) in [5.74, 6) is -0.717. The minimum atomic E-state index is -3.62. The van der Waals surface area contributed by atoms with Gasteiger partial charge in [-0.1, -0.05) is 6.07 Å². The Labute approximate surface area is 106 Å². The van der Waals surface area contributed by atoms with Gasteiger partial charge < -0.3 is 4.74 Å². The summed E-state index contributed by atoms with van der Waals surface area (Å²) < 4.78 is 29.3. The first-order valence-corrected chi connectivity index (χ1v) is 7.57. The molecule has 1 atom stereocenters. The Morgan fingerprint density at radius 2 is 2.00 bits per heavy atom. The quantitative estimate of drug-likeness (QED) is 0.794. The third-order valence-electron chi connectivity index (χ3n) is 1.98. The van der Waals surface area contributed by atoms with Crippen LogP contribution in [0.15, 0.2) is 21.7 Å². The number of esters is 1. The minimum Gasteiger partial charge on any atom is -0.459 e. The second-order valence-electron chi connectivity index (χ2n) is 4.65. The molecule has 0 N–H and O–H groups in total. The van der Waals surface area contributed by atoms with Gasteiger partial charge in [-0.25, -0.2) is 8.42 Å². The van der Waals surface area contributed by atoms with E-state index in [1.165, 1.54) is 13.0 Å². The van der Waals surface area contributed by atoms with Gasteiger partial charge in [0.05, 0.1) is 0 Å². The molecule has 1 unspecified atom stereocenters. The fourth-order valence-corrected chi connectivity index (χ4v) is 3.61.